The molecule has 0 saturated heterocycles. The average Bonchev–Trinajstić information content (AvgIpc) is 3.30. The van der Waals surface area contributed by atoms with Gasteiger partial charge < -0.3 is 9.80 Å². The van der Waals surface area contributed by atoms with E-state index in [2.05, 4.69) is 256 Å². The van der Waals surface area contributed by atoms with Gasteiger partial charge in [-0.25, -0.2) is 0 Å². The van der Waals surface area contributed by atoms with Crippen LogP contribution in [0.2, 0.25) is 0 Å². The average molecular weight is 791 g/mol. The first-order valence-corrected chi connectivity index (χ1v) is 21.2. The first kappa shape index (κ1) is 41.7. The summed E-state index contributed by atoms with van der Waals surface area (Å²) < 4.78 is 0. The van der Waals surface area contributed by atoms with Gasteiger partial charge in [0.2, 0.25) is 0 Å². The topological polar surface area (TPSA) is 6.48 Å². The summed E-state index contributed by atoms with van der Waals surface area (Å²) in [4.78, 5) is 4.63. The molecule has 300 valence electrons. The van der Waals surface area contributed by atoms with Crippen LogP contribution in [0.25, 0.3) is 44.2 Å². The highest BCUT2D eigenvalue weighted by molar-refractivity contribution is 5.97. The Labute approximate surface area is 363 Å². The standard InChI is InChI=1S/C59H54N2/c1-6-9-11-24-45(4)25-20-26-46(5)60(51(22-7-2)23-8-3)58-35-18-16-32-56(58)49-37-39-50(40-38-49)57-33-17-19-36-59(57)61(52-29-12-10-13-30-52)53-43-41-48(42-44-53)55-34-21-28-47-27-14-15-31-54(47)55/h6-7,9-44H,5,8H2,1-4H3/b9-6-,22-7-,24-11-,26-20-,45-25+,51-23+. The number of fused-ring (bicyclic) bond motifs is 1. The largest absolute Gasteiger partial charge is 0.311 e. The lowest BCUT2D eigenvalue weighted by Gasteiger charge is -2.29. The van der Waals surface area contributed by atoms with E-state index in [1.54, 1.807) is 0 Å². The molecular formula is C59H54N2. The van der Waals surface area contributed by atoms with Gasteiger partial charge in [-0.05, 0) is 109 Å². The fourth-order valence-electron chi connectivity index (χ4n) is 7.76. The molecule has 0 aromatic heterocycles. The van der Waals surface area contributed by atoms with Crippen LogP contribution in [0.3, 0.4) is 0 Å². The number of hydrogen-bond acceptors (Lipinski definition) is 2. The summed E-state index contributed by atoms with van der Waals surface area (Å²) in [6.07, 6.45) is 21.9. The highest BCUT2D eigenvalue weighted by Crippen LogP contribution is 2.43. The van der Waals surface area contributed by atoms with Crippen molar-refractivity contribution in [2.45, 2.75) is 34.1 Å². The number of hydrogen-bond donors (Lipinski definition) is 0. The Morgan fingerprint density at radius 3 is 1.75 bits per heavy atom. The third kappa shape index (κ3) is 9.90. The van der Waals surface area contributed by atoms with E-state index in [4.69, 9.17) is 0 Å². The molecule has 7 aromatic carbocycles. The number of anilines is 4. The lowest BCUT2D eigenvalue weighted by Crippen LogP contribution is -2.20. The fraction of sp³-hybridized carbons (Fsp3) is 0.0847. The van der Waals surface area contributed by atoms with Crippen molar-refractivity contribution in [3.63, 3.8) is 0 Å². The molecule has 0 radical (unpaired) electrons. The smallest absolute Gasteiger partial charge is 0.0540 e. The molecular weight excluding hydrogens is 737 g/mol. The molecule has 2 heteroatoms. The van der Waals surface area contributed by atoms with Crippen molar-refractivity contribution in [3.05, 3.63) is 254 Å². The Bertz CT molecular complexity index is 2750. The second-order valence-electron chi connectivity index (χ2n) is 14.9. The Hall–Kier alpha value is -7.42. The summed E-state index contributed by atoms with van der Waals surface area (Å²) in [6.45, 7) is 12.9. The fourth-order valence-corrected chi connectivity index (χ4v) is 7.76. The molecule has 0 bridgehead atoms. The van der Waals surface area contributed by atoms with Gasteiger partial charge in [-0.3, -0.25) is 0 Å². The molecule has 61 heavy (non-hydrogen) atoms. The quantitative estimate of drug-likeness (QED) is 0.0955. The number of para-hydroxylation sites is 3. The van der Waals surface area contributed by atoms with Crippen LogP contribution in [-0.2, 0) is 0 Å². The van der Waals surface area contributed by atoms with Gasteiger partial charge in [0.1, 0.15) is 0 Å². The first-order valence-electron chi connectivity index (χ1n) is 21.2. The van der Waals surface area contributed by atoms with Crippen molar-refractivity contribution in [2.75, 3.05) is 9.80 Å². The Kier molecular flexibility index (Phi) is 14.0. The van der Waals surface area contributed by atoms with Crippen LogP contribution in [0.5, 0.6) is 0 Å². The molecule has 0 aliphatic rings. The molecule has 0 aliphatic carbocycles. The van der Waals surface area contributed by atoms with E-state index in [0.717, 1.165) is 68.4 Å². The van der Waals surface area contributed by atoms with E-state index < -0.39 is 0 Å². The van der Waals surface area contributed by atoms with E-state index in [1.165, 1.54) is 21.9 Å². The minimum Gasteiger partial charge on any atom is -0.311 e. The number of rotatable bonds is 15. The summed E-state index contributed by atoms with van der Waals surface area (Å²) in [6, 6.07) is 61.0. The summed E-state index contributed by atoms with van der Waals surface area (Å²) in [5.41, 5.74) is 14.5. The van der Waals surface area contributed by atoms with Gasteiger partial charge in [-0.2, -0.15) is 0 Å². The zero-order valence-corrected chi connectivity index (χ0v) is 35.7. The zero-order valence-electron chi connectivity index (χ0n) is 35.7. The van der Waals surface area contributed by atoms with Gasteiger partial charge in [0.15, 0.2) is 0 Å². The lowest BCUT2D eigenvalue weighted by atomic mass is 9.96. The van der Waals surface area contributed by atoms with Crippen LogP contribution in [0.15, 0.2) is 254 Å². The van der Waals surface area contributed by atoms with E-state index in [1.807, 2.05) is 19.1 Å². The predicted molar refractivity (Wildman–Crippen MR) is 267 cm³/mol. The van der Waals surface area contributed by atoms with Gasteiger partial charge in [-0.15, -0.1) is 0 Å². The van der Waals surface area contributed by atoms with Crippen molar-refractivity contribution < 1.29 is 0 Å². The maximum Gasteiger partial charge on any atom is 0.0540 e. The van der Waals surface area contributed by atoms with Crippen molar-refractivity contribution in [2.24, 2.45) is 0 Å². The molecule has 0 heterocycles. The predicted octanol–water partition coefficient (Wildman–Crippen LogP) is 17.1. The SMILES string of the molecule is C=C(\C=C/C=C(C)/C=C\C=C/C)N(C(/C=C\C)=C/CC)c1ccccc1-c1ccc(-c2ccccc2N(c2ccccc2)c2ccc(-c3cccc4ccccc34)cc2)cc1. The minimum atomic E-state index is 0.878. The van der Waals surface area contributed by atoms with E-state index in [9.17, 15) is 0 Å². The van der Waals surface area contributed by atoms with E-state index in [0.29, 0.717) is 0 Å². The van der Waals surface area contributed by atoms with Crippen LogP contribution in [-0.4, -0.2) is 0 Å². The first-order chi connectivity index (χ1) is 30.0. The summed E-state index contributed by atoms with van der Waals surface area (Å²) >= 11 is 0. The molecule has 0 fully saturated rings. The number of nitrogens with zero attached hydrogens (tertiary/aromatic N) is 2. The maximum atomic E-state index is 4.59. The van der Waals surface area contributed by atoms with Gasteiger partial charge in [0, 0.05) is 33.9 Å². The third-order valence-corrected chi connectivity index (χ3v) is 10.6. The summed E-state index contributed by atoms with van der Waals surface area (Å²) in [5, 5.41) is 2.50. The second-order valence-corrected chi connectivity index (χ2v) is 14.9. The normalized spacial score (nSPS) is 12.3. The van der Waals surface area contributed by atoms with Gasteiger partial charge >= 0.3 is 0 Å². The number of benzene rings is 7. The van der Waals surface area contributed by atoms with Gasteiger partial charge in [0.05, 0.1) is 11.4 Å². The Morgan fingerprint density at radius 2 is 1.07 bits per heavy atom. The molecule has 0 aliphatic heterocycles. The van der Waals surface area contributed by atoms with Crippen LogP contribution in [0.1, 0.15) is 34.1 Å². The highest BCUT2D eigenvalue weighted by atomic mass is 15.2. The Balaban J connectivity index is 1.25. The second kappa shape index (κ2) is 20.5. The molecule has 0 unspecified atom stereocenters. The summed E-state index contributed by atoms with van der Waals surface area (Å²) in [5.74, 6) is 0. The van der Waals surface area contributed by atoms with Crippen LogP contribution >= 0.6 is 0 Å². The van der Waals surface area contributed by atoms with Crippen molar-refractivity contribution >= 4 is 33.5 Å². The molecule has 0 N–H and O–H groups in total. The Morgan fingerprint density at radius 1 is 0.508 bits per heavy atom. The van der Waals surface area contributed by atoms with E-state index >= 15 is 0 Å². The molecule has 7 aromatic rings. The van der Waals surface area contributed by atoms with Gasteiger partial charge in [0.25, 0.3) is 0 Å². The monoisotopic (exact) mass is 790 g/mol. The number of allylic oxidation sites excluding steroid dienone is 11. The van der Waals surface area contributed by atoms with Crippen LogP contribution in [0, 0.1) is 0 Å². The molecule has 0 saturated carbocycles. The van der Waals surface area contributed by atoms with Crippen molar-refractivity contribution in [3.8, 4) is 33.4 Å². The van der Waals surface area contributed by atoms with Crippen LogP contribution < -0.4 is 9.80 Å². The molecule has 0 spiro atoms. The van der Waals surface area contributed by atoms with Crippen molar-refractivity contribution in [1.82, 2.24) is 0 Å². The highest BCUT2D eigenvalue weighted by Gasteiger charge is 2.19. The van der Waals surface area contributed by atoms with Crippen LogP contribution in [0.4, 0.5) is 22.7 Å². The molecule has 0 amide bonds. The molecule has 2 nitrogen and oxygen atoms in total. The minimum absolute atomic E-state index is 0.878. The molecule has 7 rings (SSSR count). The van der Waals surface area contributed by atoms with E-state index in [-0.39, 0.29) is 0 Å². The maximum absolute atomic E-state index is 4.59. The third-order valence-electron chi connectivity index (χ3n) is 10.6. The zero-order chi connectivity index (χ0) is 42.4. The lowest BCUT2D eigenvalue weighted by molar-refractivity contribution is 1.10. The summed E-state index contributed by atoms with van der Waals surface area (Å²) in [7, 11) is 0. The van der Waals surface area contributed by atoms with Gasteiger partial charge in [-0.1, -0.05) is 201 Å². The van der Waals surface area contributed by atoms with Crippen molar-refractivity contribution in [1.29, 1.82) is 0 Å². The molecule has 0 atom stereocenters.